The molecule has 1 saturated heterocycles. The summed E-state index contributed by atoms with van der Waals surface area (Å²) >= 11 is 0. The molecular weight excluding hydrogens is 609 g/mol. The van der Waals surface area contributed by atoms with Crippen LogP contribution in [-0.4, -0.2) is 53.9 Å². The highest BCUT2D eigenvalue weighted by Crippen LogP contribution is 2.53. The Bertz CT molecular complexity index is 1110. The molecule has 1 aliphatic heterocycles. The predicted octanol–water partition coefficient (Wildman–Crippen LogP) is 8.51. The van der Waals surface area contributed by atoms with Gasteiger partial charge >= 0.3 is 11.9 Å². The van der Waals surface area contributed by atoms with Gasteiger partial charge in [0.2, 0.25) is 0 Å². The number of cyclic esters (lactones) is 1. The number of carbonyl (C=O) groups is 2. The van der Waals surface area contributed by atoms with Crippen molar-refractivity contribution in [3.05, 3.63) is 23.8 Å². The lowest BCUT2D eigenvalue weighted by molar-refractivity contribution is -0.180. The van der Waals surface area contributed by atoms with Crippen LogP contribution >= 0.6 is 0 Å². The van der Waals surface area contributed by atoms with Crippen molar-refractivity contribution in [2.45, 2.75) is 152 Å². The molecule has 2 aliphatic carbocycles. The third-order valence-corrected chi connectivity index (χ3v) is 12.6. The van der Waals surface area contributed by atoms with Crippen LogP contribution in [0.25, 0.3) is 0 Å². The molecule has 0 bridgehead atoms. The Morgan fingerprint density at radius 3 is 2.09 bits per heavy atom. The first-order valence-corrected chi connectivity index (χ1v) is 23.8. The third kappa shape index (κ3) is 9.06. The maximum atomic E-state index is 14.0. The molecule has 0 N–H and O–H groups in total. The second-order valence-electron chi connectivity index (χ2n) is 18.0. The van der Waals surface area contributed by atoms with E-state index in [1.807, 2.05) is 0 Å². The average molecular weight is 677 g/mol. The van der Waals surface area contributed by atoms with Crippen molar-refractivity contribution in [2.75, 3.05) is 0 Å². The molecule has 1 fully saturated rings. The van der Waals surface area contributed by atoms with Crippen LogP contribution < -0.4 is 0 Å². The van der Waals surface area contributed by atoms with Crippen LogP contribution in [0.5, 0.6) is 0 Å². The van der Waals surface area contributed by atoms with Crippen molar-refractivity contribution in [2.24, 2.45) is 52.3 Å². The highest BCUT2D eigenvalue weighted by molar-refractivity contribution is 6.48. The van der Waals surface area contributed by atoms with Gasteiger partial charge in [0.05, 0.1) is 11.5 Å². The fourth-order valence-electron chi connectivity index (χ4n) is 8.45. The predicted molar refractivity (Wildman–Crippen MR) is 194 cm³/mol. The maximum Gasteiger partial charge on any atom is 0.334 e. The van der Waals surface area contributed by atoms with Crippen molar-refractivity contribution in [3.8, 4) is 0 Å². The van der Waals surface area contributed by atoms with E-state index in [1.165, 1.54) is 5.57 Å². The summed E-state index contributed by atoms with van der Waals surface area (Å²) in [4.78, 5) is 27.4. The van der Waals surface area contributed by atoms with Crippen molar-refractivity contribution in [3.63, 3.8) is 0 Å². The van der Waals surface area contributed by atoms with E-state index in [0.29, 0.717) is 6.42 Å². The average Bonchev–Trinajstić information content (AvgIpc) is 2.88. The topological polar surface area (TPSA) is 71.1 Å². The second kappa shape index (κ2) is 15.1. The molecule has 46 heavy (non-hydrogen) atoms. The monoisotopic (exact) mass is 676 g/mol. The molecule has 1 heterocycles. The van der Waals surface area contributed by atoms with E-state index in [0.717, 1.165) is 19.3 Å². The summed E-state index contributed by atoms with van der Waals surface area (Å²) in [6, 6.07) is 0. The van der Waals surface area contributed by atoms with Gasteiger partial charge in [0.15, 0.2) is 18.1 Å². The maximum absolute atomic E-state index is 14.0. The summed E-state index contributed by atoms with van der Waals surface area (Å²) in [7, 11) is -2.99. The van der Waals surface area contributed by atoms with Crippen molar-refractivity contribution >= 4 is 30.0 Å². The van der Waals surface area contributed by atoms with E-state index in [9.17, 15) is 9.59 Å². The van der Waals surface area contributed by atoms with Crippen molar-refractivity contribution in [1.29, 1.82) is 0 Å². The fraction of sp³-hybridized carbons (Fsp3) is 0.842. The van der Waals surface area contributed by atoms with Gasteiger partial charge in [-0.05, 0) is 86.0 Å². The van der Waals surface area contributed by atoms with E-state index in [4.69, 9.17) is 18.3 Å². The fourth-order valence-corrected chi connectivity index (χ4v) is 10.7. The molecule has 0 radical (unpaired) electrons. The van der Waals surface area contributed by atoms with Crippen LogP contribution in [0.3, 0.4) is 0 Å². The Hall–Kier alpha value is -1.23. The molecule has 1 unspecified atom stereocenters. The SMILES string of the molecule is CC(C)C(C(=O)O[C@H]1C[C@H](C(C)(C)C)C=C2C=C[C@H](C)[C@](CC[C@@H]3C[C@H](C(C)(C)C)C(O[SiH](C)C)C(=O)O3)(O[SiH](C)C)[C@H]21)C(C)C. The number of hydrogen-bond donors (Lipinski definition) is 0. The Balaban J connectivity index is 2.04. The summed E-state index contributed by atoms with van der Waals surface area (Å²) in [5, 5.41) is 0. The molecule has 0 saturated carbocycles. The molecule has 0 aromatic heterocycles. The van der Waals surface area contributed by atoms with Crippen LogP contribution in [0.4, 0.5) is 0 Å². The lowest BCUT2D eigenvalue weighted by atomic mass is 9.59. The van der Waals surface area contributed by atoms with Gasteiger partial charge in [-0.3, -0.25) is 4.79 Å². The number of fused-ring (bicyclic) bond motifs is 1. The zero-order chi connectivity index (χ0) is 34.9. The molecule has 8 heteroatoms. The number of allylic oxidation sites excluding steroid dienone is 2. The van der Waals surface area contributed by atoms with E-state index < -0.39 is 29.8 Å². The minimum absolute atomic E-state index is 0.0288. The van der Waals surface area contributed by atoms with E-state index in [1.54, 1.807) is 0 Å². The van der Waals surface area contributed by atoms with Gasteiger partial charge in [-0.1, -0.05) is 94.4 Å². The first-order chi connectivity index (χ1) is 21.1. The number of ether oxygens (including phenoxy) is 2. The van der Waals surface area contributed by atoms with Gasteiger partial charge in [0.25, 0.3) is 0 Å². The molecular formula is C38H68O6Si2. The lowest BCUT2D eigenvalue weighted by Gasteiger charge is -2.54. The molecule has 6 nitrogen and oxygen atoms in total. The van der Waals surface area contributed by atoms with E-state index in [-0.39, 0.29) is 76.4 Å². The molecule has 264 valence electrons. The molecule has 0 aromatic rings. The summed E-state index contributed by atoms with van der Waals surface area (Å²) in [5.41, 5.74) is 0.615. The van der Waals surface area contributed by atoms with Gasteiger partial charge in [-0.15, -0.1) is 0 Å². The van der Waals surface area contributed by atoms with Gasteiger partial charge in [0.1, 0.15) is 18.3 Å². The van der Waals surface area contributed by atoms with Crippen molar-refractivity contribution < 1.29 is 27.9 Å². The van der Waals surface area contributed by atoms with Crippen molar-refractivity contribution in [1.82, 2.24) is 0 Å². The van der Waals surface area contributed by atoms with Gasteiger partial charge < -0.3 is 18.3 Å². The Morgan fingerprint density at radius 2 is 1.59 bits per heavy atom. The highest BCUT2D eigenvalue weighted by atomic mass is 28.3. The van der Waals surface area contributed by atoms with Crippen LogP contribution in [0.15, 0.2) is 23.8 Å². The number of hydrogen-bond acceptors (Lipinski definition) is 6. The molecule has 3 aliphatic rings. The minimum atomic E-state index is -1.56. The summed E-state index contributed by atoms with van der Waals surface area (Å²) in [5.74, 6) is 0.327. The minimum Gasteiger partial charge on any atom is -0.461 e. The van der Waals surface area contributed by atoms with Crippen LogP contribution in [0.1, 0.15) is 102 Å². The largest absolute Gasteiger partial charge is 0.461 e. The lowest BCUT2D eigenvalue weighted by Crippen LogP contribution is -2.58. The normalized spacial score (nSPS) is 32.3. The van der Waals surface area contributed by atoms with E-state index >= 15 is 0 Å². The Kier molecular flexibility index (Phi) is 12.9. The first kappa shape index (κ1) is 39.2. The first-order valence-electron chi connectivity index (χ1n) is 18.2. The van der Waals surface area contributed by atoms with Gasteiger partial charge in [-0.2, -0.15) is 0 Å². The zero-order valence-corrected chi connectivity index (χ0v) is 34.2. The number of carbonyl (C=O) groups excluding carboxylic acids is 2. The number of esters is 2. The molecule has 0 aromatic carbocycles. The summed E-state index contributed by atoms with van der Waals surface area (Å²) < 4.78 is 26.4. The molecule has 8 atom stereocenters. The Labute approximate surface area is 285 Å². The molecule has 0 spiro atoms. The quantitative estimate of drug-likeness (QED) is 0.161. The van der Waals surface area contributed by atoms with E-state index in [2.05, 4.69) is 121 Å². The third-order valence-electron chi connectivity index (χ3n) is 10.8. The Morgan fingerprint density at radius 1 is 0.978 bits per heavy atom. The van der Waals surface area contributed by atoms with Gasteiger partial charge in [0, 0.05) is 17.8 Å². The summed E-state index contributed by atoms with van der Waals surface area (Å²) in [6.45, 7) is 32.9. The smallest absolute Gasteiger partial charge is 0.334 e. The van der Waals surface area contributed by atoms with Gasteiger partial charge in [-0.25, -0.2) is 4.79 Å². The van der Waals surface area contributed by atoms with Crippen LogP contribution in [-0.2, 0) is 27.9 Å². The second-order valence-corrected chi connectivity index (χ2v) is 22.7. The van der Waals surface area contributed by atoms with Crippen LogP contribution in [0.2, 0.25) is 26.2 Å². The summed E-state index contributed by atoms with van der Waals surface area (Å²) in [6.07, 6.45) is 9.02. The highest BCUT2D eigenvalue weighted by Gasteiger charge is 2.55. The standard InChI is InChI=1S/C38H68O6Si2/c1-23(2)31(24(3)4)34(39)42-30-21-27(36(6,7)8)20-26-17-16-25(5)38(32(26)30,44-46(14)15)19-18-28-22-29(37(9,10)11)33(35(40)41-28)43-45(12)13/h16-17,20,23-25,27-33,45-46H,18-19,21-22H2,1-15H3/t25-,27+,28+,29-,30-,32+,33?,38-/m0/s1. The molecule has 0 amide bonds. The zero-order valence-electron chi connectivity index (χ0n) is 31.9. The van der Waals surface area contributed by atoms with Crippen LogP contribution in [0, 0.1) is 52.3 Å². The molecule has 3 rings (SSSR count). The number of rotatable bonds is 11.